The lowest BCUT2D eigenvalue weighted by atomic mass is 9.73. The lowest BCUT2D eigenvalue weighted by Crippen LogP contribution is -2.52. The Morgan fingerprint density at radius 3 is 2.89 bits per heavy atom. The van der Waals surface area contributed by atoms with E-state index < -0.39 is 0 Å². The highest BCUT2D eigenvalue weighted by Gasteiger charge is 2.37. The first-order valence-electron chi connectivity index (χ1n) is 6.68. The van der Waals surface area contributed by atoms with Gasteiger partial charge in [0.1, 0.15) is 11.6 Å². The van der Waals surface area contributed by atoms with Crippen LogP contribution in [0.3, 0.4) is 0 Å². The van der Waals surface area contributed by atoms with Crippen LogP contribution in [0.1, 0.15) is 32.6 Å². The predicted octanol–water partition coefficient (Wildman–Crippen LogP) is 2.41. The number of methoxy groups -OCH3 is 1. The molecule has 4 nitrogen and oxygen atoms in total. The molecule has 2 atom stereocenters. The molecule has 0 aromatic carbocycles. The quantitative estimate of drug-likeness (QED) is 0.860. The number of nitrogens with zero attached hydrogens (tertiary/aromatic N) is 1. The third-order valence-electron chi connectivity index (χ3n) is 4.17. The number of nitrogens with one attached hydrogen (secondary N) is 1. The van der Waals surface area contributed by atoms with Crippen molar-refractivity contribution in [3.05, 3.63) is 18.3 Å². The summed E-state index contributed by atoms with van der Waals surface area (Å²) in [7, 11) is 1.65. The number of pyridine rings is 1. The van der Waals surface area contributed by atoms with Crippen LogP contribution in [0, 0.1) is 5.92 Å². The Morgan fingerprint density at radius 1 is 1.50 bits per heavy atom. The van der Waals surface area contributed by atoms with Gasteiger partial charge in [0.25, 0.3) is 0 Å². The van der Waals surface area contributed by atoms with Gasteiger partial charge < -0.3 is 15.8 Å². The van der Waals surface area contributed by atoms with Crippen molar-refractivity contribution in [2.24, 2.45) is 11.7 Å². The van der Waals surface area contributed by atoms with Crippen molar-refractivity contribution >= 4 is 5.82 Å². The zero-order valence-electron chi connectivity index (χ0n) is 11.3. The number of ether oxygens (including phenoxy) is 1. The Morgan fingerprint density at radius 2 is 2.33 bits per heavy atom. The van der Waals surface area contributed by atoms with Crippen LogP contribution in [0.15, 0.2) is 18.3 Å². The standard InChI is InChI=1S/C14H23N3O/c1-11-5-3-4-8-14(11,10-15)17-13-7-6-12(18-2)9-16-13/h6-7,9,11H,3-5,8,10,15H2,1-2H3,(H,16,17). The van der Waals surface area contributed by atoms with E-state index in [1.165, 1.54) is 19.3 Å². The Hall–Kier alpha value is -1.29. The third-order valence-corrected chi connectivity index (χ3v) is 4.17. The van der Waals surface area contributed by atoms with Gasteiger partial charge in [-0.1, -0.05) is 19.8 Å². The summed E-state index contributed by atoms with van der Waals surface area (Å²) in [6.07, 6.45) is 6.64. The van der Waals surface area contributed by atoms with Crippen molar-refractivity contribution in [3.63, 3.8) is 0 Å². The summed E-state index contributed by atoms with van der Waals surface area (Å²) in [6, 6.07) is 3.88. The third kappa shape index (κ3) is 2.58. The van der Waals surface area contributed by atoms with Gasteiger partial charge in [0.05, 0.1) is 18.8 Å². The number of rotatable bonds is 4. The zero-order chi connectivity index (χ0) is 13.0. The topological polar surface area (TPSA) is 60.2 Å². The molecule has 0 amide bonds. The first kappa shape index (κ1) is 13.1. The number of hydrogen-bond donors (Lipinski definition) is 2. The molecule has 0 radical (unpaired) electrons. The van der Waals surface area contributed by atoms with Crippen molar-refractivity contribution < 1.29 is 4.74 Å². The molecular formula is C14H23N3O. The second-order valence-corrected chi connectivity index (χ2v) is 5.22. The number of nitrogens with two attached hydrogens (primary N) is 1. The van der Waals surface area contributed by atoms with E-state index in [1.807, 2.05) is 12.1 Å². The molecule has 1 fully saturated rings. The van der Waals surface area contributed by atoms with E-state index in [2.05, 4.69) is 17.2 Å². The first-order valence-corrected chi connectivity index (χ1v) is 6.68. The molecule has 2 unspecified atom stereocenters. The summed E-state index contributed by atoms with van der Waals surface area (Å²) < 4.78 is 5.12. The average molecular weight is 249 g/mol. The number of anilines is 1. The Labute approximate surface area is 109 Å². The molecule has 1 aliphatic carbocycles. The maximum absolute atomic E-state index is 6.02. The van der Waals surface area contributed by atoms with Crippen LogP contribution in [-0.4, -0.2) is 24.2 Å². The molecule has 0 spiro atoms. The molecule has 0 aliphatic heterocycles. The second-order valence-electron chi connectivity index (χ2n) is 5.22. The van der Waals surface area contributed by atoms with Gasteiger partial charge in [-0.15, -0.1) is 0 Å². The summed E-state index contributed by atoms with van der Waals surface area (Å²) in [5, 5.41) is 3.55. The Balaban J connectivity index is 2.13. The lowest BCUT2D eigenvalue weighted by molar-refractivity contribution is 0.235. The second kappa shape index (κ2) is 5.57. The van der Waals surface area contributed by atoms with E-state index in [9.17, 15) is 0 Å². The minimum absolute atomic E-state index is 0.000160. The molecule has 4 heteroatoms. The summed E-state index contributed by atoms with van der Waals surface area (Å²) in [5.41, 5.74) is 6.02. The number of aromatic nitrogens is 1. The van der Waals surface area contributed by atoms with Crippen LogP contribution in [0.5, 0.6) is 5.75 Å². The highest BCUT2D eigenvalue weighted by molar-refractivity contribution is 5.41. The van der Waals surface area contributed by atoms with Gasteiger partial charge in [0.2, 0.25) is 0 Å². The summed E-state index contributed by atoms with van der Waals surface area (Å²) >= 11 is 0. The van der Waals surface area contributed by atoms with Crippen molar-refractivity contribution in [3.8, 4) is 5.75 Å². The molecule has 1 aliphatic rings. The highest BCUT2D eigenvalue weighted by Crippen LogP contribution is 2.35. The molecule has 2 rings (SSSR count). The molecule has 0 saturated heterocycles. The minimum atomic E-state index is -0.000160. The van der Waals surface area contributed by atoms with E-state index in [-0.39, 0.29) is 5.54 Å². The summed E-state index contributed by atoms with van der Waals surface area (Å²) in [4.78, 5) is 4.38. The average Bonchev–Trinajstić information content (AvgIpc) is 2.42. The normalized spacial score (nSPS) is 27.8. The maximum Gasteiger partial charge on any atom is 0.137 e. The lowest BCUT2D eigenvalue weighted by Gasteiger charge is -2.43. The van der Waals surface area contributed by atoms with Gasteiger partial charge in [-0.2, -0.15) is 0 Å². The Bertz CT molecular complexity index is 379. The maximum atomic E-state index is 6.02. The smallest absolute Gasteiger partial charge is 0.137 e. The first-order chi connectivity index (χ1) is 8.70. The van der Waals surface area contributed by atoms with Gasteiger partial charge in [0, 0.05) is 6.54 Å². The molecule has 3 N–H and O–H groups in total. The molecule has 0 bridgehead atoms. The fraction of sp³-hybridized carbons (Fsp3) is 0.643. The van der Waals surface area contributed by atoms with Crippen LogP contribution in [0.2, 0.25) is 0 Å². The van der Waals surface area contributed by atoms with Crippen molar-refractivity contribution in [1.29, 1.82) is 0 Å². The predicted molar refractivity (Wildman–Crippen MR) is 73.8 cm³/mol. The van der Waals surface area contributed by atoms with Crippen LogP contribution >= 0.6 is 0 Å². The van der Waals surface area contributed by atoms with E-state index in [0.717, 1.165) is 18.0 Å². The Kier molecular flexibility index (Phi) is 4.07. The van der Waals surface area contributed by atoms with Gasteiger partial charge in [-0.25, -0.2) is 4.98 Å². The molecular weight excluding hydrogens is 226 g/mol. The molecule has 1 saturated carbocycles. The van der Waals surface area contributed by atoms with E-state index in [0.29, 0.717) is 12.5 Å². The zero-order valence-corrected chi connectivity index (χ0v) is 11.3. The van der Waals surface area contributed by atoms with E-state index in [4.69, 9.17) is 10.5 Å². The van der Waals surface area contributed by atoms with Crippen molar-refractivity contribution in [2.45, 2.75) is 38.1 Å². The van der Waals surface area contributed by atoms with Crippen LogP contribution < -0.4 is 15.8 Å². The summed E-state index contributed by atoms with van der Waals surface area (Å²) in [5.74, 6) is 2.24. The van der Waals surface area contributed by atoms with Gasteiger partial charge in [-0.05, 0) is 30.9 Å². The van der Waals surface area contributed by atoms with Gasteiger partial charge in [-0.3, -0.25) is 0 Å². The van der Waals surface area contributed by atoms with Gasteiger partial charge in [0.15, 0.2) is 0 Å². The molecule has 1 aromatic heterocycles. The van der Waals surface area contributed by atoms with E-state index in [1.54, 1.807) is 13.3 Å². The van der Waals surface area contributed by atoms with Crippen molar-refractivity contribution in [2.75, 3.05) is 19.0 Å². The van der Waals surface area contributed by atoms with Crippen LogP contribution in [0.4, 0.5) is 5.82 Å². The monoisotopic (exact) mass is 249 g/mol. The van der Waals surface area contributed by atoms with Crippen LogP contribution in [0.25, 0.3) is 0 Å². The summed E-state index contributed by atoms with van der Waals surface area (Å²) in [6.45, 7) is 2.93. The SMILES string of the molecule is COc1ccc(NC2(CN)CCCCC2C)nc1. The van der Waals surface area contributed by atoms with Gasteiger partial charge >= 0.3 is 0 Å². The number of hydrogen-bond acceptors (Lipinski definition) is 4. The molecule has 100 valence electrons. The fourth-order valence-electron chi connectivity index (χ4n) is 2.78. The molecule has 1 heterocycles. The molecule has 1 aromatic rings. The fourth-order valence-corrected chi connectivity index (χ4v) is 2.78. The minimum Gasteiger partial charge on any atom is -0.495 e. The highest BCUT2D eigenvalue weighted by atomic mass is 16.5. The van der Waals surface area contributed by atoms with E-state index >= 15 is 0 Å². The van der Waals surface area contributed by atoms with Crippen LogP contribution in [-0.2, 0) is 0 Å². The molecule has 18 heavy (non-hydrogen) atoms. The van der Waals surface area contributed by atoms with Crippen molar-refractivity contribution in [1.82, 2.24) is 4.98 Å². The largest absolute Gasteiger partial charge is 0.495 e.